The molecule has 2 aromatic rings. The lowest BCUT2D eigenvalue weighted by Crippen LogP contribution is -2.08. The van der Waals surface area contributed by atoms with Crippen LogP contribution in [-0.4, -0.2) is 14.7 Å². The molecule has 0 spiro atoms. The summed E-state index contributed by atoms with van der Waals surface area (Å²) >= 11 is 0. The number of benzene rings is 1. The van der Waals surface area contributed by atoms with Crippen LogP contribution in [0.2, 0.25) is 0 Å². The van der Waals surface area contributed by atoms with Gasteiger partial charge in [0, 0.05) is 12.5 Å². The van der Waals surface area contributed by atoms with Crippen molar-refractivity contribution in [2.75, 3.05) is 0 Å². The van der Waals surface area contributed by atoms with E-state index in [1.165, 1.54) is 24.0 Å². The maximum atomic E-state index is 10.4. The minimum atomic E-state index is -0.462. The van der Waals surface area contributed by atoms with E-state index in [0.29, 0.717) is 12.5 Å². The van der Waals surface area contributed by atoms with Gasteiger partial charge in [0.15, 0.2) is 0 Å². The Morgan fingerprint density at radius 3 is 2.58 bits per heavy atom. The number of imidazole rings is 1. The Balaban J connectivity index is 1.72. The van der Waals surface area contributed by atoms with Crippen LogP contribution in [0.15, 0.2) is 36.8 Å². The van der Waals surface area contributed by atoms with Gasteiger partial charge in [-0.3, -0.25) is 0 Å². The minimum absolute atomic E-state index is 0.462. The van der Waals surface area contributed by atoms with Crippen LogP contribution in [-0.2, 0) is 12.8 Å². The van der Waals surface area contributed by atoms with Crippen LogP contribution in [0.3, 0.4) is 0 Å². The van der Waals surface area contributed by atoms with Gasteiger partial charge in [0.2, 0.25) is 0 Å². The van der Waals surface area contributed by atoms with Crippen molar-refractivity contribution in [1.82, 2.24) is 9.55 Å². The van der Waals surface area contributed by atoms with Crippen molar-refractivity contribution in [2.24, 2.45) is 0 Å². The van der Waals surface area contributed by atoms with E-state index in [9.17, 15) is 5.11 Å². The topological polar surface area (TPSA) is 38.1 Å². The summed E-state index contributed by atoms with van der Waals surface area (Å²) < 4.78 is 2.13. The van der Waals surface area contributed by atoms with Crippen molar-refractivity contribution in [3.63, 3.8) is 0 Å². The van der Waals surface area contributed by atoms with Gasteiger partial charge in [0.1, 0.15) is 0 Å². The molecular weight excluding hydrogens is 236 g/mol. The van der Waals surface area contributed by atoms with Crippen molar-refractivity contribution in [3.8, 4) is 0 Å². The monoisotopic (exact) mass is 256 g/mol. The second-order valence-electron chi connectivity index (χ2n) is 5.35. The first kappa shape index (κ1) is 12.4. The average molecular weight is 256 g/mol. The van der Waals surface area contributed by atoms with Gasteiger partial charge in [0.25, 0.3) is 0 Å². The number of aliphatic hydroxyl groups is 1. The molecule has 19 heavy (non-hydrogen) atoms. The lowest BCUT2D eigenvalue weighted by atomic mass is 10.0. The van der Waals surface area contributed by atoms with Crippen LogP contribution in [0.1, 0.15) is 48.7 Å². The van der Waals surface area contributed by atoms with E-state index in [4.69, 9.17) is 0 Å². The minimum Gasteiger partial charge on any atom is -0.386 e. The van der Waals surface area contributed by atoms with E-state index < -0.39 is 6.10 Å². The molecule has 1 saturated carbocycles. The second-order valence-corrected chi connectivity index (χ2v) is 5.35. The van der Waals surface area contributed by atoms with Crippen molar-refractivity contribution < 1.29 is 5.11 Å². The van der Waals surface area contributed by atoms with Gasteiger partial charge in [-0.1, -0.05) is 31.2 Å². The molecule has 1 N–H and O–H groups in total. The van der Waals surface area contributed by atoms with Crippen LogP contribution < -0.4 is 0 Å². The molecule has 1 atom stereocenters. The Morgan fingerprint density at radius 2 is 1.95 bits per heavy atom. The molecule has 1 aliphatic rings. The molecule has 0 bridgehead atoms. The zero-order valence-corrected chi connectivity index (χ0v) is 11.3. The first-order valence-corrected chi connectivity index (χ1v) is 7.05. The predicted molar refractivity (Wildman–Crippen MR) is 75.0 cm³/mol. The van der Waals surface area contributed by atoms with Crippen molar-refractivity contribution >= 4 is 0 Å². The molecule has 1 fully saturated rings. The Kier molecular flexibility index (Phi) is 3.38. The Bertz CT molecular complexity index is 540. The summed E-state index contributed by atoms with van der Waals surface area (Å²) in [6.07, 6.45) is 7.30. The lowest BCUT2D eigenvalue weighted by molar-refractivity contribution is 0.168. The van der Waals surface area contributed by atoms with Gasteiger partial charge in [-0.25, -0.2) is 4.98 Å². The molecule has 0 aliphatic heterocycles. The molecule has 3 nitrogen and oxygen atoms in total. The lowest BCUT2D eigenvalue weighted by Gasteiger charge is -2.13. The highest BCUT2D eigenvalue weighted by Crippen LogP contribution is 2.37. The normalized spacial score (nSPS) is 16.5. The van der Waals surface area contributed by atoms with Crippen molar-refractivity contribution in [2.45, 2.75) is 44.8 Å². The Morgan fingerprint density at radius 1 is 1.26 bits per heavy atom. The maximum absolute atomic E-state index is 10.4. The van der Waals surface area contributed by atoms with Crippen LogP contribution in [0.4, 0.5) is 0 Å². The average Bonchev–Trinajstić information content (AvgIpc) is 3.16. The highest BCUT2D eigenvalue weighted by atomic mass is 16.3. The third-order valence-electron chi connectivity index (χ3n) is 3.84. The summed E-state index contributed by atoms with van der Waals surface area (Å²) in [5.74, 6) is 0. The molecule has 0 saturated heterocycles. The fourth-order valence-corrected chi connectivity index (χ4v) is 2.47. The standard InChI is InChI=1S/C16H20N2O/c1-2-12-3-5-13(6-4-12)9-16(19)15-10-17-11-18(15)14-7-8-14/h3-6,10-11,14,16,19H,2,7-9H2,1H3. The Labute approximate surface area is 113 Å². The summed E-state index contributed by atoms with van der Waals surface area (Å²) in [7, 11) is 0. The number of nitrogens with zero attached hydrogens (tertiary/aromatic N) is 2. The quantitative estimate of drug-likeness (QED) is 0.893. The zero-order chi connectivity index (χ0) is 13.2. The summed E-state index contributed by atoms with van der Waals surface area (Å²) in [6, 6.07) is 9.06. The summed E-state index contributed by atoms with van der Waals surface area (Å²) in [5.41, 5.74) is 3.46. The summed E-state index contributed by atoms with van der Waals surface area (Å²) in [4.78, 5) is 4.18. The van der Waals surface area contributed by atoms with Gasteiger partial charge in [-0.2, -0.15) is 0 Å². The highest BCUT2D eigenvalue weighted by molar-refractivity contribution is 5.24. The summed E-state index contributed by atoms with van der Waals surface area (Å²) in [5, 5.41) is 10.4. The van der Waals surface area contributed by atoms with Gasteiger partial charge < -0.3 is 9.67 Å². The molecule has 1 aliphatic carbocycles. The SMILES string of the molecule is CCc1ccc(CC(O)c2cncn2C2CC2)cc1. The zero-order valence-electron chi connectivity index (χ0n) is 11.3. The smallest absolute Gasteiger partial charge is 0.0996 e. The molecule has 100 valence electrons. The van der Waals surface area contributed by atoms with E-state index in [2.05, 4.69) is 40.7 Å². The predicted octanol–water partition coefficient (Wildman–Crippen LogP) is 3.06. The fourth-order valence-electron chi connectivity index (χ4n) is 2.47. The van der Waals surface area contributed by atoms with E-state index >= 15 is 0 Å². The van der Waals surface area contributed by atoms with Crippen molar-refractivity contribution in [1.29, 1.82) is 0 Å². The number of hydrogen-bond acceptors (Lipinski definition) is 2. The number of aromatic nitrogens is 2. The molecule has 0 amide bonds. The molecule has 1 unspecified atom stereocenters. The fraction of sp³-hybridized carbons (Fsp3) is 0.438. The van der Waals surface area contributed by atoms with Crippen LogP contribution in [0.5, 0.6) is 0 Å². The number of aryl methyl sites for hydroxylation is 1. The number of hydrogen-bond donors (Lipinski definition) is 1. The molecule has 3 rings (SSSR count). The van der Waals surface area contributed by atoms with Crippen LogP contribution in [0, 0.1) is 0 Å². The van der Waals surface area contributed by atoms with E-state index in [1.807, 2.05) is 6.33 Å². The largest absolute Gasteiger partial charge is 0.386 e. The van der Waals surface area contributed by atoms with Gasteiger partial charge in [-0.05, 0) is 30.4 Å². The third kappa shape index (κ3) is 2.71. The molecule has 1 aromatic heterocycles. The Hall–Kier alpha value is -1.61. The van der Waals surface area contributed by atoms with Gasteiger partial charge in [0.05, 0.1) is 24.3 Å². The molecule has 1 aromatic carbocycles. The highest BCUT2D eigenvalue weighted by Gasteiger charge is 2.27. The van der Waals surface area contributed by atoms with E-state index in [1.54, 1.807) is 6.20 Å². The number of rotatable bonds is 5. The van der Waals surface area contributed by atoms with E-state index in [0.717, 1.165) is 12.1 Å². The number of aliphatic hydroxyl groups excluding tert-OH is 1. The first-order chi connectivity index (χ1) is 9.28. The van der Waals surface area contributed by atoms with Gasteiger partial charge in [-0.15, -0.1) is 0 Å². The summed E-state index contributed by atoms with van der Waals surface area (Å²) in [6.45, 7) is 2.15. The molecule has 1 heterocycles. The second kappa shape index (κ2) is 5.17. The maximum Gasteiger partial charge on any atom is 0.0996 e. The van der Waals surface area contributed by atoms with Crippen LogP contribution in [0.25, 0.3) is 0 Å². The van der Waals surface area contributed by atoms with Gasteiger partial charge >= 0.3 is 0 Å². The third-order valence-corrected chi connectivity index (χ3v) is 3.84. The first-order valence-electron chi connectivity index (χ1n) is 7.05. The van der Waals surface area contributed by atoms with E-state index in [-0.39, 0.29) is 0 Å². The molecule has 3 heteroatoms. The molecule has 0 radical (unpaired) electrons. The van der Waals surface area contributed by atoms with Crippen LogP contribution >= 0.6 is 0 Å². The van der Waals surface area contributed by atoms with Crippen molar-refractivity contribution in [3.05, 3.63) is 53.6 Å². The molecular formula is C16H20N2O.